The van der Waals surface area contributed by atoms with Gasteiger partial charge in [0.25, 0.3) is 5.69 Å². The number of rotatable bonds is 2. The minimum absolute atomic E-state index is 0.107. The highest BCUT2D eigenvalue weighted by Crippen LogP contribution is 2.31. The zero-order chi connectivity index (χ0) is 11.7. The van der Waals surface area contributed by atoms with Crippen LogP contribution in [0.25, 0.3) is 11.3 Å². The third-order valence-corrected chi connectivity index (χ3v) is 3.21. The molecule has 1 aromatic carbocycles. The Morgan fingerprint density at radius 1 is 1.38 bits per heavy atom. The first kappa shape index (κ1) is 11.3. The molecule has 1 heterocycles. The molecule has 0 N–H and O–H groups in total. The number of hydrogen-bond acceptors (Lipinski definition) is 4. The molecule has 16 heavy (non-hydrogen) atoms. The van der Waals surface area contributed by atoms with Gasteiger partial charge in [0, 0.05) is 17.0 Å². The van der Waals surface area contributed by atoms with Crippen LogP contribution in [0.4, 0.5) is 5.69 Å². The van der Waals surface area contributed by atoms with Crippen LogP contribution in [-0.2, 0) is 0 Å². The van der Waals surface area contributed by atoms with Crippen LogP contribution < -0.4 is 0 Å². The van der Waals surface area contributed by atoms with Gasteiger partial charge in [0.15, 0.2) is 4.47 Å². The monoisotopic (exact) mass is 274 g/mol. The van der Waals surface area contributed by atoms with Crippen LogP contribution in [0.1, 0.15) is 0 Å². The molecule has 0 saturated carbocycles. The van der Waals surface area contributed by atoms with E-state index in [0.717, 1.165) is 0 Å². The summed E-state index contributed by atoms with van der Waals surface area (Å²) in [6, 6.07) is 4.52. The van der Waals surface area contributed by atoms with E-state index in [-0.39, 0.29) is 10.7 Å². The van der Waals surface area contributed by atoms with Crippen LogP contribution in [0.3, 0.4) is 0 Å². The molecule has 1 aromatic heterocycles. The maximum Gasteiger partial charge on any atom is 0.288 e. The van der Waals surface area contributed by atoms with E-state index in [9.17, 15) is 10.1 Å². The molecular formula is C9H4Cl2N2O2S. The minimum atomic E-state index is -0.528. The molecule has 0 aliphatic rings. The van der Waals surface area contributed by atoms with Gasteiger partial charge in [-0.3, -0.25) is 10.1 Å². The Hall–Kier alpha value is -1.17. The van der Waals surface area contributed by atoms with Crippen molar-refractivity contribution in [3.05, 3.63) is 43.2 Å². The van der Waals surface area contributed by atoms with Crippen molar-refractivity contribution in [3.63, 3.8) is 0 Å². The predicted molar refractivity (Wildman–Crippen MR) is 64.2 cm³/mol. The maximum atomic E-state index is 10.7. The zero-order valence-corrected chi connectivity index (χ0v) is 10.0. The molecule has 7 heteroatoms. The fourth-order valence-electron chi connectivity index (χ4n) is 1.20. The van der Waals surface area contributed by atoms with Crippen LogP contribution in [0.2, 0.25) is 9.49 Å². The SMILES string of the molecule is O=[N+]([O-])c1cc(-c2csc(Cl)n2)ccc1Cl. The van der Waals surface area contributed by atoms with E-state index in [2.05, 4.69) is 4.98 Å². The molecule has 82 valence electrons. The molecule has 2 aromatic rings. The standard InChI is InChI=1S/C9H4Cl2N2O2S/c10-6-2-1-5(3-8(6)13(14)15)7-4-16-9(11)12-7/h1-4H. The first-order valence-corrected chi connectivity index (χ1v) is 5.77. The number of benzene rings is 1. The zero-order valence-electron chi connectivity index (χ0n) is 7.68. The van der Waals surface area contributed by atoms with Crippen LogP contribution in [0.15, 0.2) is 23.6 Å². The Bertz CT molecular complexity index is 556. The second kappa shape index (κ2) is 4.37. The van der Waals surface area contributed by atoms with E-state index in [1.165, 1.54) is 23.5 Å². The van der Waals surface area contributed by atoms with Crippen molar-refractivity contribution in [2.75, 3.05) is 0 Å². The smallest absolute Gasteiger partial charge is 0.258 e. The molecule has 0 aliphatic heterocycles. The Morgan fingerprint density at radius 3 is 2.69 bits per heavy atom. The van der Waals surface area contributed by atoms with Crippen molar-refractivity contribution >= 4 is 40.2 Å². The summed E-state index contributed by atoms with van der Waals surface area (Å²) in [6.45, 7) is 0. The molecule has 0 unspecified atom stereocenters. The Kier molecular flexibility index (Phi) is 3.09. The molecule has 0 saturated heterocycles. The van der Waals surface area contributed by atoms with Crippen LogP contribution >= 0.6 is 34.5 Å². The lowest BCUT2D eigenvalue weighted by atomic mass is 10.1. The summed E-state index contributed by atoms with van der Waals surface area (Å²) in [5.74, 6) is 0. The van der Waals surface area contributed by atoms with Crippen molar-refractivity contribution in [3.8, 4) is 11.3 Å². The molecule has 0 spiro atoms. The molecule has 2 rings (SSSR count). The fraction of sp³-hybridized carbons (Fsp3) is 0. The quantitative estimate of drug-likeness (QED) is 0.614. The number of nitro benzene ring substituents is 1. The molecule has 0 fully saturated rings. The summed E-state index contributed by atoms with van der Waals surface area (Å²) < 4.78 is 0.396. The molecule has 4 nitrogen and oxygen atoms in total. The van der Waals surface area contributed by atoms with Crippen LogP contribution in [0, 0.1) is 10.1 Å². The number of nitrogens with zero attached hydrogens (tertiary/aromatic N) is 2. The van der Waals surface area contributed by atoms with E-state index in [1.807, 2.05) is 0 Å². The molecule has 0 aliphatic carbocycles. The average molecular weight is 275 g/mol. The van der Waals surface area contributed by atoms with E-state index in [4.69, 9.17) is 23.2 Å². The Balaban J connectivity index is 2.51. The largest absolute Gasteiger partial charge is 0.288 e. The van der Waals surface area contributed by atoms with Gasteiger partial charge in [-0.1, -0.05) is 29.3 Å². The topological polar surface area (TPSA) is 56.0 Å². The van der Waals surface area contributed by atoms with Crippen molar-refractivity contribution in [1.29, 1.82) is 0 Å². The highest BCUT2D eigenvalue weighted by molar-refractivity contribution is 7.14. The van der Waals surface area contributed by atoms with Gasteiger partial charge >= 0.3 is 0 Å². The molecule has 0 amide bonds. The molecule has 0 atom stereocenters. The van der Waals surface area contributed by atoms with Gasteiger partial charge in [-0.05, 0) is 6.07 Å². The van der Waals surface area contributed by atoms with Gasteiger partial charge in [0.2, 0.25) is 0 Å². The Labute approximate surface area is 105 Å². The highest BCUT2D eigenvalue weighted by atomic mass is 35.5. The van der Waals surface area contributed by atoms with Crippen molar-refractivity contribution < 1.29 is 4.92 Å². The number of thiazole rings is 1. The molecular weight excluding hydrogens is 271 g/mol. The number of halogens is 2. The van der Waals surface area contributed by atoms with Gasteiger partial charge in [-0.15, -0.1) is 11.3 Å². The number of nitro groups is 1. The first-order chi connectivity index (χ1) is 7.58. The second-order valence-electron chi connectivity index (χ2n) is 2.91. The third kappa shape index (κ3) is 2.16. The lowest BCUT2D eigenvalue weighted by Gasteiger charge is -1.98. The third-order valence-electron chi connectivity index (χ3n) is 1.91. The van der Waals surface area contributed by atoms with E-state index in [0.29, 0.717) is 15.7 Å². The second-order valence-corrected chi connectivity index (χ2v) is 4.76. The van der Waals surface area contributed by atoms with Gasteiger partial charge in [0.1, 0.15) is 5.02 Å². The minimum Gasteiger partial charge on any atom is -0.258 e. The number of aromatic nitrogens is 1. The first-order valence-electron chi connectivity index (χ1n) is 4.13. The predicted octanol–water partition coefficient (Wildman–Crippen LogP) is 4.03. The van der Waals surface area contributed by atoms with Gasteiger partial charge in [0.05, 0.1) is 10.6 Å². The van der Waals surface area contributed by atoms with Gasteiger partial charge < -0.3 is 0 Å². The summed E-state index contributed by atoms with van der Waals surface area (Å²) in [7, 11) is 0. The molecule has 0 radical (unpaired) electrons. The highest BCUT2D eigenvalue weighted by Gasteiger charge is 2.14. The summed E-state index contributed by atoms with van der Waals surface area (Å²) in [5, 5.41) is 12.5. The van der Waals surface area contributed by atoms with E-state index < -0.39 is 4.92 Å². The number of hydrogen-bond donors (Lipinski definition) is 0. The summed E-state index contributed by atoms with van der Waals surface area (Å²) in [5.41, 5.74) is 1.09. The van der Waals surface area contributed by atoms with Gasteiger partial charge in [-0.25, -0.2) is 4.98 Å². The summed E-state index contributed by atoms with van der Waals surface area (Å²) in [6.07, 6.45) is 0. The molecule has 0 bridgehead atoms. The fourth-order valence-corrected chi connectivity index (χ4v) is 2.16. The maximum absolute atomic E-state index is 10.7. The van der Waals surface area contributed by atoms with Crippen LogP contribution in [0.5, 0.6) is 0 Å². The summed E-state index contributed by atoms with van der Waals surface area (Å²) >= 11 is 12.7. The normalized spacial score (nSPS) is 10.4. The average Bonchev–Trinajstić information content (AvgIpc) is 2.65. The van der Waals surface area contributed by atoms with Crippen molar-refractivity contribution in [2.24, 2.45) is 0 Å². The van der Waals surface area contributed by atoms with Crippen LogP contribution in [-0.4, -0.2) is 9.91 Å². The van der Waals surface area contributed by atoms with E-state index in [1.54, 1.807) is 11.4 Å². The lowest BCUT2D eigenvalue weighted by molar-refractivity contribution is -0.384. The van der Waals surface area contributed by atoms with Crippen molar-refractivity contribution in [1.82, 2.24) is 4.98 Å². The Morgan fingerprint density at radius 2 is 2.12 bits per heavy atom. The summed E-state index contributed by atoms with van der Waals surface area (Å²) in [4.78, 5) is 14.2. The van der Waals surface area contributed by atoms with Gasteiger partial charge in [-0.2, -0.15) is 0 Å². The lowest BCUT2D eigenvalue weighted by Crippen LogP contribution is -1.89. The van der Waals surface area contributed by atoms with Crippen molar-refractivity contribution in [2.45, 2.75) is 0 Å². The van der Waals surface area contributed by atoms with E-state index >= 15 is 0 Å².